The van der Waals surface area contributed by atoms with Crippen LogP contribution in [0.3, 0.4) is 0 Å². The van der Waals surface area contributed by atoms with E-state index >= 15 is 0 Å². The molecule has 0 aliphatic heterocycles. The number of hydrogen-bond acceptors (Lipinski definition) is 2. The molecule has 0 amide bonds. The quantitative estimate of drug-likeness (QED) is 0.162. The number of furan rings is 1. The van der Waals surface area contributed by atoms with E-state index in [0.29, 0.717) is 0 Å². The topological polar surface area (TPSA) is 16.4 Å². The first-order valence-electron chi connectivity index (χ1n) is 19.8. The minimum atomic E-state index is 0.883. The van der Waals surface area contributed by atoms with Gasteiger partial charge in [0.05, 0.1) is 5.69 Å². The molecule has 0 unspecified atom stereocenters. The molecule has 0 aliphatic rings. The Morgan fingerprint density at radius 3 is 1.52 bits per heavy atom. The summed E-state index contributed by atoms with van der Waals surface area (Å²) >= 11 is 0. The highest BCUT2D eigenvalue weighted by molar-refractivity contribution is 6.14. The van der Waals surface area contributed by atoms with Gasteiger partial charge in [0.25, 0.3) is 0 Å². The molecule has 0 aliphatic carbocycles. The van der Waals surface area contributed by atoms with Crippen LogP contribution < -0.4 is 4.90 Å². The van der Waals surface area contributed by atoms with Crippen LogP contribution in [-0.2, 0) is 0 Å². The van der Waals surface area contributed by atoms with Crippen LogP contribution in [0.1, 0.15) is 0 Å². The smallest absolute Gasteiger partial charge is 0.136 e. The Bertz CT molecular complexity index is 3270. The Kier molecular flexibility index (Phi) is 8.19. The van der Waals surface area contributed by atoms with Gasteiger partial charge in [-0.1, -0.05) is 182 Å². The number of rotatable bonds is 7. The maximum absolute atomic E-state index is 6.38. The van der Waals surface area contributed by atoms with Crippen LogP contribution in [-0.4, -0.2) is 0 Å². The first kappa shape index (κ1) is 33.6. The van der Waals surface area contributed by atoms with Crippen molar-refractivity contribution in [3.8, 4) is 44.5 Å². The first-order chi connectivity index (χ1) is 28.8. The molecule has 11 rings (SSSR count). The number of benzene rings is 10. The largest absolute Gasteiger partial charge is 0.456 e. The van der Waals surface area contributed by atoms with Gasteiger partial charge >= 0.3 is 0 Å². The van der Waals surface area contributed by atoms with Gasteiger partial charge in [-0.05, 0) is 103 Å². The zero-order valence-corrected chi connectivity index (χ0v) is 31.7. The minimum absolute atomic E-state index is 0.883. The lowest BCUT2D eigenvalue weighted by atomic mass is 9.95. The molecule has 11 aromatic rings. The van der Waals surface area contributed by atoms with Gasteiger partial charge in [-0.15, -0.1) is 0 Å². The van der Waals surface area contributed by atoms with Crippen LogP contribution >= 0.6 is 0 Å². The summed E-state index contributed by atoms with van der Waals surface area (Å²) in [5.41, 5.74) is 14.4. The predicted molar refractivity (Wildman–Crippen MR) is 245 cm³/mol. The molecule has 0 bridgehead atoms. The lowest BCUT2D eigenvalue weighted by Gasteiger charge is -2.28. The van der Waals surface area contributed by atoms with E-state index in [2.05, 4.69) is 223 Å². The molecule has 0 fully saturated rings. The van der Waals surface area contributed by atoms with Gasteiger partial charge in [-0.2, -0.15) is 0 Å². The van der Waals surface area contributed by atoms with Crippen molar-refractivity contribution in [1.29, 1.82) is 0 Å². The lowest BCUT2D eigenvalue weighted by Crippen LogP contribution is -2.11. The summed E-state index contributed by atoms with van der Waals surface area (Å²) in [6.45, 7) is 0. The Morgan fingerprint density at radius 1 is 0.293 bits per heavy atom. The highest BCUT2D eigenvalue weighted by atomic mass is 16.3. The Labute approximate surface area is 337 Å². The maximum atomic E-state index is 6.38. The molecule has 1 aromatic heterocycles. The third-order valence-corrected chi connectivity index (χ3v) is 11.5. The van der Waals surface area contributed by atoms with Gasteiger partial charge in [0.15, 0.2) is 0 Å². The SMILES string of the molecule is c1cc(-c2ccc(-c3cccc4ccccc34)cc2)cc(N(c2ccc(-c3cccc4ccccc34)cc2)c2ccccc2-c2cccc3oc4ccccc4c23)c1. The van der Waals surface area contributed by atoms with E-state index in [0.717, 1.165) is 55.7 Å². The van der Waals surface area contributed by atoms with Gasteiger partial charge in [-0.25, -0.2) is 0 Å². The predicted octanol–water partition coefficient (Wildman–Crippen LogP) is 16.0. The normalized spacial score (nSPS) is 11.4. The van der Waals surface area contributed by atoms with Gasteiger partial charge in [0.1, 0.15) is 11.2 Å². The Hall–Kier alpha value is -7.68. The average Bonchev–Trinajstić information content (AvgIpc) is 3.69. The molecule has 2 nitrogen and oxygen atoms in total. The fourth-order valence-corrected chi connectivity index (χ4v) is 8.73. The lowest BCUT2D eigenvalue weighted by molar-refractivity contribution is 0.669. The molecule has 58 heavy (non-hydrogen) atoms. The van der Waals surface area contributed by atoms with E-state index in [1.807, 2.05) is 6.07 Å². The fraction of sp³-hybridized carbons (Fsp3) is 0. The number of hydrogen-bond donors (Lipinski definition) is 0. The van der Waals surface area contributed by atoms with Crippen LogP contribution in [0.15, 0.2) is 229 Å². The summed E-state index contributed by atoms with van der Waals surface area (Å²) in [6, 6.07) is 80.7. The molecular weight excluding hydrogens is 703 g/mol. The van der Waals surface area contributed by atoms with E-state index in [9.17, 15) is 0 Å². The van der Waals surface area contributed by atoms with E-state index in [1.54, 1.807) is 0 Å². The summed E-state index contributed by atoms with van der Waals surface area (Å²) in [4.78, 5) is 2.40. The molecule has 1 heterocycles. The molecule has 0 spiro atoms. The molecule has 0 N–H and O–H groups in total. The second-order valence-electron chi connectivity index (χ2n) is 14.9. The summed E-state index contributed by atoms with van der Waals surface area (Å²) in [7, 11) is 0. The van der Waals surface area contributed by atoms with E-state index in [-0.39, 0.29) is 0 Å². The van der Waals surface area contributed by atoms with Crippen LogP contribution in [0, 0.1) is 0 Å². The summed E-state index contributed by atoms with van der Waals surface area (Å²) in [5.74, 6) is 0. The third-order valence-electron chi connectivity index (χ3n) is 11.5. The van der Waals surface area contributed by atoms with Crippen molar-refractivity contribution >= 4 is 60.5 Å². The molecule has 0 saturated heterocycles. The zero-order valence-electron chi connectivity index (χ0n) is 31.7. The third kappa shape index (κ3) is 5.82. The average molecular weight is 740 g/mol. The molecule has 10 aromatic carbocycles. The van der Waals surface area contributed by atoms with Crippen LogP contribution in [0.5, 0.6) is 0 Å². The monoisotopic (exact) mass is 739 g/mol. The highest BCUT2D eigenvalue weighted by Crippen LogP contribution is 2.46. The Balaban J connectivity index is 1.06. The number of nitrogens with zero attached hydrogens (tertiary/aromatic N) is 1. The van der Waals surface area contributed by atoms with Crippen molar-refractivity contribution in [1.82, 2.24) is 0 Å². The molecule has 0 atom stereocenters. The van der Waals surface area contributed by atoms with Crippen molar-refractivity contribution in [3.63, 3.8) is 0 Å². The number of anilines is 3. The van der Waals surface area contributed by atoms with Crippen LogP contribution in [0.25, 0.3) is 88.0 Å². The molecule has 272 valence electrons. The first-order valence-corrected chi connectivity index (χ1v) is 19.8. The second-order valence-corrected chi connectivity index (χ2v) is 14.9. The number of fused-ring (bicyclic) bond motifs is 5. The molecule has 2 heteroatoms. The minimum Gasteiger partial charge on any atom is -0.456 e. The van der Waals surface area contributed by atoms with Crippen molar-refractivity contribution in [3.05, 3.63) is 224 Å². The van der Waals surface area contributed by atoms with E-state index < -0.39 is 0 Å². The second kappa shape index (κ2) is 14.1. The van der Waals surface area contributed by atoms with Gasteiger partial charge < -0.3 is 9.32 Å². The maximum Gasteiger partial charge on any atom is 0.136 e. The van der Waals surface area contributed by atoms with Crippen molar-refractivity contribution < 1.29 is 4.42 Å². The van der Waals surface area contributed by atoms with Crippen molar-refractivity contribution in [2.75, 3.05) is 4.90 Å². The zero-order chi connectivity index (χ0) is 38.4. The number of para-hydroxylation sites is 2. The molecule has 0 radical (unpaired) electrons. The standard InChI is InChI=1S/C56H37NO/c1-3-19-46-39(13-1)15-10-23-48(46)41-31-29-38(30-32-41)43-17-9-18-45(37-43)57(44-35-33-42(34-36-44)49-24-11-16-40-14-2-4-20-47(40)49)53-26-7-5-21-50(53)51-25-12-28-55-56(51)52-22-6-8-27-54(52)58-55/h1-37H. The Morgan fingerprint density at radius 2 is 0.793 bits per heavy atom. The van der Waals surface area contributed by atoms with Crippen LogP contribution in [0.2, 0.25) is 0 Å². The summed E-state index contributed by atoms with van der Waals surface area (Å²) in [5, 5.41) is 7.24. The highest BCUT2D eigenvalue weighted by Gasteiger charge is 2.21. The van der Waals surface area contributed by atoms with Crippen molar-refractivity contribution in [2.45, 2.75) is 0 Å². The van der Waals surface area contributed by atoms with Gasteiger partial charge in [0.2, 0.25) is 0 Å². The van der Waals surface area contributed by atoms with Gasteiger partial charge in [0, 0.05) is 27.7 Å². The van der Waals surface area contributed by atoms with Crippen LogP contribution in [0.4, 0.5) is 17.1 Å². The van der Waals surface area contributed by atoms with Gasteiger partial charge in [-0.3, -0.25) is 0 Å². The molecular formula is C56H37NO. The summed E-state index contributed by atoms with van der Waals surface area (Å²) in [6.07, 6.45) is 0. The van der Waals surface area contributed by atoms with E-state index in [1.165, 1.54) is 49.4 Å². The fourth-order valence-electron chi connectivity index (χ4n) is 8.73. The van der Waals surface area contributed by atoms with E-state index in [4.69, 9.17) is 4.42 Å². The molecule has 0 saturated carbocycles. The van der Waals surface area contributed by atoms with Crippen molar-refractivity contribution in [2.24, 2.45) is 0 Å². The summed E-state index contributed by atoms with van der Waals surface area (Å²) < 4.78 is 6.38.